The Labute approximate surface area is 120 Å². The van der Waals surface area contributed by atoms with Crippen LogP contribution >= 0.6 is 0 Å². The summed E-state index contributed by atoms with van der Waals surface area (Å²) < 4.78 is 0. The van der Waals surface area contributed by atoms with E-state index in [1.54, 1.807) is 6.08 Å². The fourth-order valence-corrected chi connectivity index (χ4v) is 1.93. The summed E-state index contributed by atoms with van der Waals surface area (Å²) in [5.41, 5.74) is 2.06. The third-order valence-electron chi connectivity index (χ3n) is 3.12. The zero-order valence-corrected chi connectivity index (χ0v) is 12.1. The molecule has 110 valence electrons. The van der Waals surface area contributed by atoms with Gasteiger partial charge in [0.15, 0.2) is 0 Å². The molecule has 0 aliphatic heterocycles. The van der Waals surface area contributed by atoms with Crippen molar-refractivity contribution in [1.82, 2.24) is 4.90 Å². The van der Waals surface area contributed by atoms with E-state index in [1.165, 1.54) is 5.56 Å². The van der Waals surface area contributed by atoms with Gasteiger partial charge in [-0.1, -0.05) is 24.3 Å². The number of hydrogen-bond donors (Lipinski definition) is 2. The Morgan fingerprint density at radius 3 is 2.45 bits per heavy atom. The molecule has 4 heteroatoms. The van der Waals surface area contributed by atoms with Crippen LogP contribution in [0.5, 0.6) is 0 Å². The van der Waals surface area contributed by atoms with Crippen molar-refractivity contribution < 1.29 is 15.0 Å². The quantitative estimate of drug-likeness (QED) is 0.716. The molecule has 20 heavy (non-hydrogen) atoms. The largest absolute Gasteiger partial charge is 0.478 e. The molecule has 0 spiro atoms. The van der Waals surface area contributed by atoms with Crippen LogP contribution in [0, 0.1) is 0 Å². The Morgan fingerprint density at radius 2 is 1.95 bits per heavy atom. The predicted molar refractivity (Wildman–Crippen MR) is 80.4 cm³/mol. The molecule has 0 aliphatic rings. The Kier molecular flexibility index (Phi) is 6.98. The van der Waals surface area contributed by atoms with E-state index in [9.17, 15) is 4.79 Å². The van der Waals surface area contributed by atoms with Crippen LogP contribution in [0.3, 0.4) is 0 Å². The van der Waals surface area contributed by atoms with E-state index in [4.69, 9.17) is 10.2 Å². The molecule has 0 radical (unpaired) electrons. The molecular formula is C16H23NO3. The lowest BCUT2D eigenvalue weighted by atomic mass is 10.1. The average molecular weight is 277 g/mol. The number of carbonyl (C=O) groups is 1. The maximum absolute atomic E-state index is 10.4. The van der Waals surface area contributed by atoms with Crippen molar-refractivity contribution in [1.29, 1.82) is 0 Å². The standard InChI is InChI=1S/C16H23NO3/c1-13(2)17(10-3-11-18)12-15-6-4-14(5-7-15)8-9-16(19)20/h4-9,13,18H,3,10-12H2,1-2H3,(H,19,20). The van der Waals surface area contributed by atoms with Gasteiger partial charge in [0.05, 0.1) is 0 Å². The first-order valence-electron chi connectivity index (χ1n) is 6.87. The second kappa shape index (κ2) is 8.51. The summed E-state index contributed by atoms with van der Waals surface area (Å²) >= 11 is 0. The molecule has 0 saturated heterocycles. The van der Waals surface area contributed by atoms with Gasteiger partial charge in [0.25, 0.3) is 0 Å². The fraction of sp³-hybridized carbons (Fsp3) is 0.438. The number of carboxylic acid groups (broad SMARTS) is 1. The highest BCUT2D eigenvalue weighted by molar-refractivity contribution is 5.85. The molecular weight excluding hydrogens is 254 g/mol. The summed E-state index contributed by atoms with van der Waals surface area (Å²) in [7, 11) is 0. The van der Waals surface area contributed by atoms with E-state index in [0.29, 0.717) is 6.04 Å². The number of aliphatic hydroxyl groups is 1. The van der Waals surface area contributed by atoms with E-state index in [2.05, 4.69) is 18.7 Å². The molecule has 0 aromatic heterocycles. The molecule has 0 heterocycles. The normalized spacial score (nSPS) is 11.7. The molecule has 0 fully saturated rings. The van der Waals surface area contributed by atoms with Gasteiger partial charge >= 0.3 is 5.97 Å². The van der Waals surface area contributed by atoms with Gasteiger partial charge in [0, 0.05) is 31.8 Å². The van der Waals surface area contributed by atoms with Crippen molar-refractivity contribution in [3.8, 4) is 0 Å². The summed E-state index contributed by atoms with van der Waals surface area (Å²) in [6.45, 7) is 6.19. The second-order valence-electron chi connectivity index (χ2n) is 5.05. The summed E-state index contributed by atoms with van der Waals surface area (Å²) in [6, 6.07) is 8.28. The molecule has 0 unspecified atom stereocenters. The molecule has 1 aromatic carbocycles. The Bertz CT molecular complexity index is 438. The van der Waals surface area contributed by atoms with Gasteiger partial charge in [0.2, 0.25) is 0 Å². The van der Waals surface area contributed by atoms with Crippen molar-refractivity contribution in [3.63, 3.8) is 0 Å². The van der Waals surface area contributed by atoms with E-state index in [0.717, 1.165) is 31.1 Å². The highest BCUT2D eigenvalue weighted by Gasteiger charge is 2.09. The van der Waals surface area contributed by atoms with Crippen LogP contribution in [0.2, 0.25) is 0 Å². The number of aliphatic carboxylic acids is 1. The molecule has 0 bridgehead atoms. The molecule has 4 nitrogen and oxygen atoms in total. The number of nitrogens with zero attached hydrogens (tertiary/aromatic N) is 1. The first-order valence-corrected chi connectivity index (χ1v) is 6.87. The zero-order valence-electron chi connectivity index (χ0n) is 12.1. The number of aliphatic hydroxyl groups excluding tert-OH is 1. The third-order valence-corrected chi connectivity index (χ3v) is 3.12. The van der Waals surface area contributed by atoms with Crippen molar-refractivity contribution in [2.75, 3.05) is 13.2 Å². The Morgan fingerprint density at radius 1 is 1.30 bits per heavy atom. The van der Waals surface area contributed by atoms with E-state index < -0.39 is 5.97 Å². The van der Waals surface area contributed by atoms with E-state index in [1.807, 2.05) is 24.3 Å². The third kappa shape index (κ3) is 5.99. The molecule has 1 rings (SSSR count). The Hall–Kier alpha value is -1.65. The zero-order chi connectivity index (χ0) is 15.0. The predicted octanol–water partition coefficient (Wildman–Crippen LogP) is 2.38. The topological polar surface area (TPSA) is 60.8 Å². The van der Waals surface area contributed by atoms with Crippen LogP contribution in [0.15, 0.2) is 30.3 Å². The van der Waals surface area contributed by atoms with Crippen molar-refractivity contribution in [2.24, 2.45) is 0 Å². The average Bonchev–Trinajstić information content (AvgIpc) is 2.42. The van der Waals surface area contributed by atoms with Gasteiger partial charge in [-0.3, -0.25) is 4.90 Å². The van der Waals surface area contributed by atoms with Gasteiger partial charge in [0.1, 0.15) is 0 Å². The summed E-state index contributed by atoms with van der Waals surface area (Å²) in [5, 5.41) is 17.5. The number of rotatable bonds is 8. The second-order valence-corrected chi connectivity index (χ2v) is 5.05. The van der Waals surface area contributed by atoms with Gasteiger partial charge in [-0.05, 0) is 37.5 Å². The first-order chi connectivity index (χ1) is 9.52. The smallest absolute Gasteiger partial charge is 0.328 e. The monoisotopic (exact) mass is 277 g/mol. The van der Waals surface area contributed by atoms with Crippen LogP contribution in [0.25, 0.3) is 6.08 Å². The highest BCUT2D eigenvalue weighted by atomic mass is 16.4. The lowest BCUT2D eigenvalue weighted by molar-refractivity contribution is -0.131. The van der Waals surface area contributed by atoms with Crippen molar-refractivity contribution in [3.05, 3.63) is 41.5 Å². The summed E-state index contributed by atoms with van der Waals surface area (Å²) in [6.07, 6.45) is 3.49. The van der Waals surface area contributed by atoms with Gasteiger partial charge < -0.3 is 10.2 Å². The maximum Gasteiger partial charge on any atom is 0.328 e. The van der Waals surface area contributed by atoms with Gasteiger partial charge in [-0.15, -0.1) is 0 Å². The SMILES string of the molecule is CC(C)N(CCCO)Cc1ccc(C=CC(=O)O)cc1. The minimum atomic E-state index is -0.941. The first kappa shape index (κ1) is 16.4. The minimum absolute atomic E-state index is 0.210. The molecule has 0 saturated carbocycles. The molecule has 0 amide bonds. The van der Waals surface area contributed by atoms with Crippen molar-refractivity contribution >= 4 is 12.0 Å². The summed E-state index contributed by atoms with van der Waals surface area (Å²) in [4.78, 5) is 12.8. The summed E-state index contributed by atoms with van der Waals surface area (Å²) in [5.74, 6) is -0.941. The van der Waals surface area contributed by atoms with Crippen LogP contribution in [0.4, 0.5) is 0 Å². The number of carboxylic acids is 1. The van der Waals surface area contributed by atoms with Crippen molar-refractivity contribution in [2.45, 2.75) is 32.9 Å². The van der Waals surface area contributed by atoms with Gasteiger partial charge in [-0.2, -0.15) is 0 Å². The van der Waals surface area contributed by atoms with Crippen LogP contribution in [0.1, 0.15) is 31.4 Å². The van der Waals surface area contributed by atoms with E-state index >= 15 is 0 Å². The van der Waals surface area contributed by atoms with Gasteiger partial charge in [-0.25, -0.2) is 4.79 Å². The van der Waals surface area contributed by atoms with Crippen LogP contribution in [-0.2, 0) is 11.3 Å². The van der Waals surface area contributed by atoms with Crippen LogP contribution < -0.4 is 0 Å². The lowest BCUT2D eigenvalue weighted by Crippen LogP contribution is -2.31. The van der Waals surface area contributed by atoms with Crippen LogP contribution in [-0.4, -0.2) is 40.3 Å². The molecule has 1 aromatic rings. The lowest BCUT2D eigenvalue weighted by Gasteiger charge is -2.26. The fourth-order valence-electron chi connectivity index (χ4n) is 1.93. The number of benzene rings is 1. The minimum Gasteiger partial charge on any atom is -0.478 e. The maximum atomic E-state index is 10.4. The molecule has 0 atom stereocenters. The molecule has 0 aliphatic carbocycles. The highest BCUT2D eigenvalue weighted by Crippen LogP contribution is 2.11. The molecule has 2 N–H and O–H groups in total. The Balaban J connectivity index is 2.65. The van der Waals surface area contributed by atoms with E-state index in [-0.39, 0.29) is 6.61 Å². The number of hydrogen-bond acceptors (Lipinski definition) is 3.